The third-order valence-corrected chi connectivity index (χ3v) is 3.54. The molecule has 0 fully saturated rings. The highest BCUT2D eigenvalue weighted by Gasteiger charge is 2.18. The van der Waals surface area contributed by atoms with E-state index < -0.39 is 0 Å². The Bertz CT molecular complexity index is 655. The van der Waals surface area contributed by atoms with Crippen LogP contribution in [0.3, 0.4) is 0 Å². The largest absolute Gasteiger partial charge is 0.388 e. The van der Waals surface area contributed by atoms with E-state index in [1.165, 1.54) is 0 Å². The molecule has 0 aliphatic carbocycles. The molecule has 2 aromatic carbocycles. The Morgan fingerprint density at radius 2 is 2.00 bits per heavy atom. The number of nitrogens with one attached hydrogen (secondary N) is 2. The molecular weight excluding hydrogens is 248 g/mol. The molecule has 0 radical (unpaired) electrons. The van der Waals surface area contributed by atoms with E-state index in [4.69, 9.17) is 5.26 Å². The molecule has 20 heavy (non-hydrogen) atoms. The van der Waals surface area contributed by atoms with Gasteiger partial charge in [0.05, 0.1) is 23.0 Å². The average Bonchev–Trinajstić information content (AvgIpc) is 2.54. The van der Waals surface area contributed by atoms with Crippen LogP contribution in [0, 0.1) is 11.3 Å². The van der Waals surface area contributed by atoms with Crippen LogP contribution >= 0.6 is 0 Å². The molecule has 0 atom stereocenters. The fraction of sp³-hybridized carbons (Fsp3) is 0.188. The van der Waals surface area contributed by atoms with E-state index in [-0.39, 0.29) is 0 Å². The van der Waals surface area contributed by atoms with E-state index in [2.05, 4.69) is 45.9 Å². The summed E-state index contributed by atoms with van der Waals surface area (Å²) in [6, 6.07) is 16.3. The number of nitrogens with zero attached hydrogens (tertiary/aromatic N) is 2. The van der Waals surface area contributed by atoms with Crippen LogP contribution in [0.2, 0.25) is 0 Å². The lowest BCUT2D eigenvalue weighted by molar-refractivity contribution is 0.926. The molecule has 1 aliphatic heterocycles. The predicted molar refractivity (Wildman–Crippen MR) is 82.6 cm³/mol. The van der Waals surface area contributed by atoms with Crippen molar-refractivity contribution in [3.05, 3.63) is 48.0 Å². The number of hydrogen-bond donors (Lipinski definition) is 2. The Morgan fingerprint density at radius 1 is 1.20 bits per heavy atom. The van der Waals surface area contributed by atoms with Crippen LogP contribution in [0.15, 0.2) is 42.5 Å². The number of fused-ring (bicyclic) bond motifs is 1. The van der Waals surface area contributed by atoms with Gasteiger partial charge in [0, 0.05) is 31.5 Å². The summed E-state index contributed by atoms with van der Waals surface area (Å²) in [4.78, 5) is 2.24. The van der Waals surface area contributed by atoms with Gasteiger partial charge in [-0.15, -0.1) is 0 Å². The minimum atomic E-state index is 0.685. The van der Waals surface area contributed by atoms with Gasteiger partial charge in [-0.05, 0) is 42.5 Å². The van der Waals surface area contributed by atoms with Crippen LogP contribution in [0.5, 0.6) is 0 Å². The molecule has 0 unspecified atom stereocenters. The molecule has 4 heteroatoms. The third-order valence-electron chi connectivity index (χ3n) is 3.54. The molecule has 0 saturated heterocycles. The van der Waals surface area contributed by atoms with Gasteiger partial charge >= 0.3 is 0 Å². The summed E-state index contributed by atoms with van der Waals surface area (Å²) < 4.78 is 0. The highest BCUT2D eigenvalue weighted by atomic mass is 15.2. The van der Waals surface area contributed by atoms with Crippen molar-refractivity contribution in [2.45, 2.75) is 0 Å². The molecule has 0 amide bonds. The van der Waals surface area contributed by atoms with Crippen molar-refractivity contribution >= 4 is 22.7 Å². The number of anilines is 4. The van der Waals surface area contributed by atoms with Gasteiger partial charge in [0.15, 0.2) is 0 Å². The molecule has 2 N–H and O–H groups in total. The van der Waals surface area contributed by atoms with Crippen molar-refractivity contribution in [2.24, 2.45) is 0 Å². The maximum atomic E-state index is 9.07. The Labute approximate surface area is 118 Å². The molecule has 100 valence electrons. The Balaban J connectivity index is 2.01. The van der Waals surface area contributed by atoms with E-state index in [0.29, 0.717) is 5.56 Å². The fourth-order valence-corrected chi connectivity index (χ4v) is 2.47. The molecule has 1 heterocycles. The van der Waals surface area contributed by atoms with E-state index in [1.807, 2.05) is 25.2 Å². The summed E-state index contributed by atoms with van der Waals surface area (Å²) in [6.07, 6.45) is 0. The Morgan fingerprint density at radius 3 is 2.70 bits per heavy atom. The van der Waals surface area contributed by atoms with Crippen LogP contribution in [0.1, 0.15) is 5.56 Å². The van der Waals surface area contributed by atoms with Crippen LogP contribution in [-0.2, 0) is 0 Å². The van der Waals surface area contributed by atoms with Crippen molar-refractivity contribution in [1.82, 2.24) is 0 Å². The van der Waals surface area contributed by atoms with E-state index in [1.54, 1.807) is 0 Å². The number of nitriles is 1. The van der Waals surface area contributed by atoms with Crippen molar-refractivity contribution < 1.29 is 0 Å². The van der Waals surface area contributed by atoms with Crippen LogP contribution < -0.4 is 15.5 Å². The van der Waals surface area contributed by atoms with Crippen molar-refractivity contribution in [2.75, 3.05) is 35.7 Å². The second kappa shape index (κ2) is 5.14. The maximum Gasteiger partial charge on any atom is 0.0992 e. The first-order valence-corrected chi connectivity index (χ1v) is 6.65. The van der Waals surface area contributed by atoms with Crippen LogP contribution in [-0.4, -0.2) is 20.1 Å². The first-order valence-electron chi connectivity index (χ1n) is 6.65. The average molecular weight is 264 g/mol. The van der Waals surface area contributed by atoms with Gasteiger partial charge in [0.1, 0.15) is 0 Å². The fourth-order valence-electron chi connectivity index (χ4n) is 2.47. The monoisotopic (exact) mass is 264 g/mol. The number of benzene rings is 2. The van der Waals surface area contributed by atoms with Gasteiger partial charge in [0.25, 0.3) is 0 Å². The summed E-state index contributed by atoms with van der Waals surface area (Å²) in [5.41, 5.74) is 5.06. The molecule has 1 aliphatic rings. The van der Waals surface area contributed by atoms with Gasteiger partial charge in [-0.2, -0.15) is 5.26 Å². The number of hydrogen-bond acceptors (Lipinski definition) is 4. The van der Waals surface area contributed by atoms with Crippen molar-refractivity contribution in [3.8, 4) is 6.07 Å². The normalized spacial score (nSPS) is 13.1. The van der Waals surface area contributed by atoms with Crippen LogP contribution in [0.4, 0.5) is 22.7 Å². The molecule has 0 spiro atoms. The minimum absolute atomic E-state index is 0.685. The molecule has 0 bridgehead atoms. The van der Waals surface area contributed by atoms with E-state index in [0.717, 1.165) is 35.8 Å². The van der Waals surface area contributed by atoms with E-state index >= 15 is 0 Å². The summed E-state index contributed by atoms with van der Waals surface area (Å²) in [5, 5.41) is 15.6. The first kappa shape index (κ1) is 12.4. The molecule has 4 nitrogen and oxygen atoms in total. The summed E-state index contributed by atoms with van der Waals surface area (Å²) in [6.45, 7) is 1.79. The summed E-state index contributed by atoms with van der Waals surface area (Å²) >= 11 is 0. The van der Waals surface area contributed by atoms with Crippen LogP contribution in [0.25, 0.3) is 0 Å². The second-order valence-corrected chi connectivity index (χ2v) is 4.72. The molecule has 3 rings (SSSR count). The zero-order valence-corrected chi connectivity index (χ0v) is 11.4. The topological polar surface area (TPSA) is 51.1 Å². The quantitative estimate of drug-likeness (QED) is 0.874. The maximum absolute atomic E-state index is 9.07. The van der Waals surface area contributed by atoms with E-state index in [9.17, 15) is 0 Å². The van der Waals surface area contributed by atoms with Gasteiger partial charge in [-0.25, -0.2) is 0 Å². The molecule has 0 aromatic heterocycles. The van der Waals surface area contributed by atoms with Crippen molar-refractivity contribution in [3.63, 3.8) is 0 Å². The Hall–Kier alpha value is -2.67. The lowest BCUT2D eigenvalue weighted by atomic mass is 10.1. The van der Waals surface area contributed by atoms with Gasteiger partial charge in [-0.1, -0.05) is 0 Å². The summed E-state index contributed by atoms with van der Waals surface area (Å²) in [5.74, 6) is 0. The SMILES string of the molecule is CNc1ccc(N2CCNc3ccc(C#N)cc32)cc1. The molecule has 2 aromatic rings. The minimum Gasteiger partial charge on any atom is -0.388 e. The second-order valence-electron chi connectivity index (χ2n) is 4.72. The molecule has 0 saturated carbocycles. The highest BCUT2D eigenvalue weighted by molar-refractivity contribution is 5.80. The zero-order valence-electron chi connectivity index (χ0n) is 11.4. The molecular formula is C16H16N4. The van der Waals surface area contributed by atoms with Gasteiger partial charge in [0.2, 0.25) is 0 Å². The standard InChI is InChI=1S/C16H16N4/c1-18-13-3-5-14(6-4-13)20-9-8-19-15-7-2-12(11-17)10-16(15)20/h2-7,10,18-19H,8-9H2,1H3. The summed E-state index contributed by atoms with van der Waals surface area (Å²) in [7, 11) is 1.91. The lowest BCUT2D eigenvalue weighted by Crippen LogP contribution is -2.30. The predicted octanol–water partition coefficient (Wildman–Crippen LogP) is 3.16. The first-order chi connectivity index (χ1) is 9.81. The highest BCUT2D eigenvalue weighted by Crippen LogP contribution is 2.35. The smallest absolute Gasteiger partial charge is 0.0992 e. The zero-order chi connectivity index (χ0) is 13.9. The third kappa shape index (κ3) is 2.14. The number of rotatable bonds is 2. The van der Waals surface area contributed by atoms with Gasteiger partial charge < -0.3 is 15.5 Å². The lowest BCUT2D eigenvalue weighted by Gasteiger charge is -2.32. The van der Waals surface area contributed by atoms with Crippen molar-refractivity contribution in [1.29, 1.82) is 5.26 Å². The van der Waals surface area contributed by atoms with Gasteiger partial charge in [-0.3, -0.25) is 0 Å². The Kier molecular flexibility index (Phi) is 3.18.